The van der Waals surface area contributed by atoms with Gasteiger partial charge in [0.1, 0.15) is 0 Å². The molecule has 4 rings (SSSR count). The maximum Gasteiger partial charge on any atom is 0.155 e. The molecule has 0 N–H and O–H groups in total. The molecule has 0 heterocycles. The molecule has 0 bridgehead atoms. The van der Waals surface area contributed by atoms with E-state index in [0.717, 1.165) is 38.5 Å². The summed E-state index contributed by atoms with van der Waals surface area (Å²) < 4.78 is 0. The van der Waals surface area contributed by atoms with Crippen LogP contribution in [0.1, 0.15) is 72.1 Å². The van der Waals surface area contributed by atoms with E-state index in [1.54, 1.807) is 0 Å². The first-order chi connectivity index (χ1) is 11.3. The Morgan fingerprint density at radius 2 is 1.96 bits per heavy atom. The summed E-state index contributed by atoms with van der Waals surface area (Å²) in [6.07, 6.45) is 12.5. The maximum absolute atomic E-state index is 11.9. The fourth-order valence-electron chi connectivity index (χ4n) is 7.02. The number of ketones is 1. The van der Waals surface area contributed by atoms with Gasteiger partial charge in [0.05, 0.1) is 11.5 Å². The highest BCUT2D eigenvalue weighted by molar-refractivity contribution is 5.91. The number of carbonyl (C=O) groups is 1. The minimum Gasteiger partial charge on any atom is -0.295 e. The third-order valence-corrected chi connectivity index (χ3v) is 8.22. The van der Waals surface area contributed by atoms with Crippen molar-refractivity contribution >= 4 is 5.78 Å². The highest BCUT2D eigenvalue weighted by Gasteiger charge is 2.63. The number of rotatable bonds is 0. The van der Waals surface area contributed by atoms with Gasteiger partial charge in [-0.15, -0.1) is 0 Å². The second-order valence-corrected chi connectivity index (χ2v) is 9.47. The van der Waals surface area contributed by atoms with Crippen LogP contribution in [-0.4, -0.2) is 5.78 Å². The SMILES string of the molecule is CC1=CC[C@@H]2[C@](C)(CC[C@H]3[C@@]2(C#N)CCC2=CC(=O)CC[C@@]23C)C1. The van der Waals surface area contributed by atoms with Crippen molar-refractivity contribution in [2.75, 3.05) is 0 Å². The molecule has 2 fully saturated rings. The van der Waals surface area contributed by atoms with Crippen molar-refractivity contribution in [1.29, 1.82) is 5.26 Å². The summed E-state index contributed by atoms with van der Waals surface area (Å²) in [5.74, 6) is 1.20. The van der Waals surface area contributed by atoms with E-state index in [1.807, 2.05) is 6.08 Å². The molecular weight excluding hydrogens is 294 g/mol. The van der Waals surface area contributed by atoms with E-state index in [1.165, 1.54) is 17.6 Å². The van der Waals surface area contributed by atoms with Gasteiger partial charge in [-0.2, -0.15) is 5.26 Å². The molecule has 0 spiro atoms. The van der Waals surface area contributed by atoms with Gasteiger partial charge in [0.15, 0.2) is 5.78 Å². The van der Waals surface area contributed by atoms with Crippen LogP contribution in [0, 0.1) is 39.4 Å². The molecule has 0 aromatic heterocycles. The van der Waals surface area contributed by atoms with E-state index in [-0.39, 0.29) is 16.2 Å². The fourth-order valence-corrected chi connectivity index (χ4v) is 7.02. The third-order valence-electron chi connectivity index (χ3n) is 8.22. The smallest absolute Gasteiger partial charge is 0.155 e. The number of carbonyl (C=O) groups excluding carboxylic acids is 1. The van der Waals surface area contributed by atoms with Crippen molar-refractivity contribution in [1.82, 2.24) is 0 Å². The zero-order valence-corrected chi connectivity index (χ0v) is 15.3. The van der Waals surface area contributed by atoms with Crippen molar-refractivity contribution in [3.8, 4) is 6.07 Å². The lowest BCUT2D eigenvalue weighted by Gasteiger charge is -2.63. The largest absolute Gasteiger partial charge is 0.295 e. The third kappa shape index (κ3) is 1.97. The van der Waals surface area contributed by atoms with Gasteiger partial charge in [0.2, 0.25) is 0 Å². The van der Waals surface area contributed by atoms with Gasteiger partial charge in [-0.05, 0) is 80.6 Å². The summed E-state index contributed by atoms with van der Waals surface area (Å²) >= 11 is 0. The van der Waals surface area contributed by atoms with Crippen molar-refractivity contribution in [3.05, 3.63) is 23.3 Å². The van der Waals surface area contributed by atoms with Crippen LogP contribution in [-0.2, 0) is 4.79 Å². The number of allylic oxidation sites excluding steroid dienone is 4. The number of nitrogens with zero attached hydrogens (tertiary/aromatic N) is 1. The predicted molar refractivity (Wildman–Crippen MR) is 95.0 cm³/mol. The molecule has 0 unspecified atom stereocenters. The van der Waals surface area contributed by atoms with Crippen LogP contribution in [0.4, 0.5) is 0 Å². The Hall–Kier alpha value is -1.36. The van der Waals surface area contributed by atoms with Crippen LogP contribution in [0.15, 0.2) is 23.3 Å². The van der Waals surface area contributed by atoms with Gasteiger partial charge in [-0.25, -0.2) is 0 Å². The van der Waals surface area contributed by atoms with Gasteiger partial charge in [0.25, 0.3) is 0 Å². The van der Waals surface area contributed by atoms with Crippen molar-refractivity contribution in [3.63, 3.8) is 0 Å². The van der Waals surface area contributed by atoms with E-state index in [0.29, 0.717) is 24.0 Å². The van der Waals surface area contributed by atoms with Crippen LogP contribution in [0.2, 0.25) is 0 Å². The molecule has 2 saturated carbocycles. The monoisotopic (exact) mass is 323 g/mol. The zero-order chi connectivity index (χ0) is 17.2. The molecule has 5 atom stereocenters. The molecule has 0 amide bonds. The first kappa shape index (κ1) is 16.1. The molecule has 0 aromatic rings. The quantitative estimate of drug-likeness (QED) is 0.563. The number of fused-ring (bicyclic) bond motifs is 5. The van der Waals surface area contributed by atoms with Crippen LogP contribution in [0.3, 0.4) is 0 Å². The van der Waals surface area contributed by atoms with Gasteiger partial charge in [0, 0.05) is 6.42 Å². The molecule has 2 nitrogen and oxygen atoms in total. The highest BCUT2D eigenvalue weighted by atomic mass is 16.1. The molecule has 0 aliphatic heterocycles. The number of nitriles is 1. The second-order valence-electron chi connectivity index (χ2n) is 9.47. The average molecular weight is 323 g/mol. The first-order valence-electron chi connectivity index (χ1n) is 9.65. The Kier molecular flexibility index (Phi) is 3.41. The van der Waals surface area contributed by atoms with Gasteiger partial charge in [-0.1, -0.05) is 31.1 Å². The topological polar surface area (TPSA) is 40.9 Å². The van der Waals surface area contributed by atoms with Crippen LogP contribution < -0.4 is 0 Å². The minimum absolute atomic E-state index is 0.0689. The zero-order valence-electron chi connectivity index (χ0n) is 15.3. The summed E-state index contributed by atoms with van der Waals surface area (Å²) in [6.45, 7) is 7.04. The Labute approximate surface area is 146 Å². The Balaban J connectivity index is 1.81. The molecule has 2 heteroatoms. The van der Waals surface area contributed by atoms with Crippen molar-refractivity contribution in [2.24, 2.45) is 28.1 Å². The van der Waals surface area contributed by atoms with E-state index in [9.17, 15) is 10.1 Å². The first-order valence-corrected chi connectivity index (χ1v) is 9.65. The van der Waals surface area contributed by atoms with E-state index < -0.39 is 0 Å². The molecule has 0 aromatic carbocycles. The van der Waals surface area contributed by atoms with Crippen LogP contribution >= 0.6 is 0 Å². The second kappa shape index (κ2) is 5.07. The lowest BCUT2D eigenvalue weighted by molar-refractivity contribution is -0.121. The average Bonchev–Trinajstić information content (AvgIpc) is 2.54. The Bertz CT molecular complexity index is 695. The van der Waals surface area contributed by atoms with Crippen LogP contribution in [0.5, 0.6) is 0 Å². The Morgan fingerprint density at radius 3 is 2.71 bits per heavy atom. The van der Waals surface area contributed by atoms with E-state index in [2.05, 4.69) is 32.9 Å². The van der Waals surface area contributed by atoms with Gasteiger partial charge < -0.3 is 0 Å². The van der Waals surface area contributed by atoms with Gasteiger partial charge >= 0.3 is 0 Å². The molecule has 0 radical (unpaired) electrons. The summed E-state index contributed by atoms with van der Waals surface area (Å²) in [6, 6.07) is 2.89. The molecule has 0 saturated heterocycles. The summed E-state index contributed by atoms with van der Waals surface area (Å²) in [5.41, 5.74) is 3.01. The molecule has 4 aliphatic rings. The number of hydrogen-bond donors (Lipinski definition) is 0. The summed E-state index contributed by atoms with van der Waals surface area (Å²) in [5, 5.41) is 10.4. The normalized spacial score (nSPS) is 47.5. The summed E-state index contributed by atoms with van der Waals surface area (Å²) in [4.78, 5) is 11.9. The van der Waals surface area contributed by atoms with Gasteiger partial charge in [-0.3, -0.25) is 4.79 Å². The lowest BCUT2D eigenvalue weighted by atomic mass is 9.39. The van der Waals surface area contributed by atoms with E-state index in [4.69, 9.17) is 0 Å². The molecular formula is C22H29NO. The molecule has 24 heavy (non-hydrogen) atoms. The van der Waals surface area contributed by atoms with Crippen molar-refractivity contribution in [2.45, 2.75) is 72.1 Å². The maximum atomic E-state index is 11.9. The number of hydrogen-bond acceptors (Lipinski definition) is 2. The minimum atomic E-state index is -0.198. The molecule has 4 aliphatic carbocycles. The molecule has 128 valence electrons. The fraction of sp³-hybridized carbons (Fsp3) is 0.727. The summed E-state index contributed by atoms with van der Waals surface area (Å²) in [7, 11) is 0. The standard InChI is InChI=1S/C22H29NO/c1-15-4-5-18-20(2,13-15)9-8-19-21(3)10-7-17(24)12-16(21)6-11-22(18,19)14-23/h4,12,18-19H,5-11,13H2,1-3H3/t18-,19-,20-,21+,22-/m1/s1. The predicted octanol–water partition coefficient (Wildman–Crippen LogP) is 5.36. The highest BCUT2D eigenvalue weighted by Crippen LogP contribution is 2.69. The van der Waals surface area contributed by atoms with E-state index >= 15 is 0 Å². The Morgan fingerprint density at radius 1 is 1.17 bits per heavy atom. The lowest BCUT2D eigenvalue weighted by Crippen LogP contribution is -2.58. The van der Waals surface area contributed by atoms with Crippen molar-refractivity contribution < 1.29 is 4.79 Å². The van der Waals surface area contributed by atoms with Crippen LogP contribution in [0.25, 0.3) is 0 Å².